The third-order valence-electron chi connectivity index (χ3n) is 6.76. The Labute approximate surface area is 240 Å². The number of hydrogen-bond acceptors (Lipinski definition) is 8. The van der Waals surface area contributed by atoms with Crippen LogP contribution in [0.2, 0.25) is 0 Å². The molecular weight excluding hydrogens is 542 g/mol. The number of thiazole rings is 1. The highest BCUT2D eigenvalue weighted by molar-refractivity contribution is 7.07. The van der Waals surface area contributed by atoms with Gasteiger partial charge in [0.05, 0.1) is 44.2 Å². The van der Waals surface area contributed by atoms with E-state index in [4.69, 9.17) is 23.9 Å². The van der Waals surface area contributed by atoms with Crippen LogP contribution in [0.5, 0.6) is 23.0 Å². The first-order chi connectivity index (χ1) is 19.9. The van der Waals surface area contributed by atoms with Crippen LogP contribution in [-0.2, 0) is 4.79 Å². The molecule has 0 bridgehead atoms. The highest BCUT2D eigenvalue weighted by Gasteiger charge is 2.34. The van der Waals surface area contributed by atoms with Crippen LogP contribution in [0, 0.1) is 0 Å². The molecule has 41 heavy (non-hydrogen) atoms. The fourth-order valence-corrected chi connectivity index (χ4v) is 5.80. The van der Waals surface area contributed by atoms with Gasteiger partial charge in [-0.15, -0.1) is 0 Å². The summed E-state index contributed by atoms with van der Waals surface area (Å²) in [6.45, 7) is 1.77. The zero-order valence-corrected chi connectivity index (χ0v) is 24.1. The van der Waals surface area contributed by atoms with Crippen LogP contribution >= 0.6 is 11.3 Å². The summed E-state index contributed by atoms with van der Waals surface area (Å²) in [5, 5.41) is 2.95. The summed E-state index contributed by atoms with van der Waals surface area (Å²) in [7, 11) is 6.24. The zero-order valence-electron chi connectivity index (χ0n) is 23.3. The number of carbonyl (C=O) groups is 1. The maximum atomic E-state index is 14.1. The second-order valence-corrected chi connectivity index (χ2v) is 10.1. The Morgan fingerprint density at radius 1 is 0.902 bits per heavy atom. The lowest BCUT2D eigenvalue weighted by atomic mass is 9.94. The first-order valence-corrected chi connectivity index (χ1v) is 13.5. The molecule has 1 aliphatic rings. The van der Waals surface area contributed by atoms with Crippen molar-refractivity contribution in [2.75, 3.05) is 33.8 Å². The molecule has 0 radical (unpaired) electrons. The number of benzene rings is 3. The minimum Gasteiger partial charge on any atom is -0.497 e. The maximum Gasteiger partial charge on any atom is 0.271 e. The quantitative estimate of drug-likeness (QED) is 0.344. The molecule has 0 saturated carbocycles. The molecule has 0 fully saturated rings. The summed E-state index contributed by atoms with van der Waals surface area (Å²) in [5.74, 6) is 1.90. The number of ether oxygens (including phenoxy) is 4. The van der Waals surface area contributed by atoms with Gasteiger partial charge in [-0.05, 0) is 55.5 Å². The SMILES string of the molecule is COc1ccc(OC)c(/C=c2\sc3n(c2=O)[C@@H](c2ccc(OC)cc2OC)C(C(=O)Nc2ccccc2)=C(C)N=3)c1. The van der Waals surface area contributed by atoms with Crippen molar-refractivity contribution in [1.29, 1.82) is 0 Å². The number of rotatable bonds is 8. The van der Waals surface area contributed by atoms with Gasteiger partial charge in [0.2, 0.25) is 0 Å². The molecule has 1 N–H and O–H groups in total. The summed E-state index contributed by atoms with van der Waals surface area (Å²) in [4.78, 5) is 33.1. The van der Waals surface area contributed by atoms with E-state index in [0.29, 0.717) is 60.4 Å². The van der Waals surface area contributed by atoms with Crippen LogP contribution in [0.3, 0.4) is 0 Å². The van der Waals surface area contributed by atoms with Crippen molar-refractivity contribution < 1.29 is 23.7 Å². The van der Waals surface area contributed by atoms with Gasteiger partial charge in [0, 0.05) is 22.9 Å². The molecule has 0 saturated heterocycles. The lowest BCUT2D eigenvalue weighted by Crippen LogP contribution is -2.40. The van der Waals surface area contributed by atoms with Crippen molar-refractivity contribution in [2.45, 2.75) is 13.0 Å². The lowest BCUT2D eigenvalue weighted by Gasteiger charge is -2.26. The van der Waals surface area contributed by atoms with Gasteiger partial charge in [-0.3, -0.25) is 14.2 Å². The van der Waals surface area contributed by atoms with Gasteiger partial charge < -0.3 is 24.3 Å². The number of allylic oxidation sites excluding steroid dienone is 1. The average Bonchev–Trinajstić information content (AvgIpc) is 3.30. The van der Waals surface area contributed by atoms with Crippen LogP contribution in [0.4, 0.5) is 5.69 Å². The number of anilines is 1. The van der Waals surface area contributed by atoms with Crippen molar-refractivity contribution in [3.8, 4) is 23.0 Å². The third kappa shape index (κ3) is 5.33. The van der Waals surface area contributed by atoms with Gasteiger partial charge in [0.1, 0.15) is 29.0 Å². The molecule has 210 valence electrons. The molecule has 2 heterocycles. The van der Waals surface area contributed by atoms with E-state index >= 15 is 0 Å². The Kier molecular flexibility index (Phi) is 7.93. The smallest absolute Gasteiger partial charge is 0.271 e. The summed E-state index contributed by atoms with van der Waals surface area (Å²) < 4.78 is 24.0. The Hall–Kier alpha value is -4.83. The number of methoxy groups -OCH3 is 4. The van der Waals surface area contributed by atoms with Gasteiger partial charge in [-0.1, -0.05) is 29.5 Å². The van der Waals surface area contributed by atoms with E-state index in [2.05, 4.69) is 5.32 Å². The van der Waals surface area contributed by atoms with Gasteiger partial charge >= 0.3 is 0 Å². The molecule has 1 aliphatic heterocycles. The van der Waals surface area contributed by atoms with Crippen molar-refractivity contribution >= 4 is 29.0 Å². The topological polar surface area (TPSA) is 100 Å². The minimum atomic E-state index is -0.815. The van der Waals surface area contributed by atoms with Gasteiger partial charge in [0.25, 0.3) is 11.5 Å². The molecule has 0 unspecified atom stereocenters. The van der Waals surface area contributed by atoms with Crippen molar-refractivity contribution in [2.24, 2.45) is 4.99 Å². The molecule has 1 amide bonds. The number of fused-ring (bicyclic) bond motifs is 1. The standard InChI is InChI=1S/C31H29N3O6S/c1-18-27(29(35)33-20-9-7-6-8-10-20)28(23-13-11-22(38-3)17-25(23)40-5)34-30(36)26(41-31(34)32-18)16-19-15-21(37-2)12-14-24(19)39-4/h6-17,28H,1-5H3,(H,33,35)/b26-16-/t28-/m0/s1. The minimum absolute atomic E-state index is 0.306. The number of nitrogens with one attached hydrogen (secondary N) is 1. The van der Waals surface area contributed by atoms with Crippen molar-refractivity contribution in [1.82, 2.24) is 4.57 Å². The number of nitrogens with zero attached hydrogens (tertiary/aromatic N) is 2. The largest absolute Gasteiger partial charge is 0.497 e. The molecule has 4 aromatic rings. The first-order valence-electron chi connectivity index (χ1n) is 12.7. The molecular formula is C31H29N3O6S. The number of aromatic nitrogens is 1. The summed E-state index contributed by atoms with van der Waals surface area (Å²) in [6.07, 6.45) is 1.75. The van der Waals surface area contributed by atoms with Crippen LogP contribution < -0.4 is 39.2 Å². The van der Waals surface area contributed by atoms with E-state index in [-0.39, 0.29) is 11.5 Å². The first kappa shape index (κ1) is 27.7. The number of para-hydroxylation sites is 1. The molecule has 1 atom stereocenters. The predicted octanol–water partition coefficient (Wildman–Crippen LogP) is 3.91. The van der Waals surface area contributed by atoms with Crippen molar-refractivity contribution in [3.05, 3.63) is 109 Å². The second kappa shape index (κ2) is 11.7. The highest BCUT2D eigenvalue weighted by atomic mass is 32.1. The van der Waals surface area contributed by atoms with Crippen molar-refractivity contribution in [3.63, 3.8) is 0 Å². The molecule has 3 aromatic carbocycles. The number of hydrogen-bond donors (Lipinski definition) is 1. The normalized spacial score (nSPS) is 14.7. The maximum absolute atomic E-state index is 14.1. The Morgan fingerprint density at radius 3 is 2.27 bits per heavy atom. The fraction of sp³-hybridized carbons (Fsp3) is 0.194. The van der Waals surface area contributed by atoms with E-state index in [0.717, 1.165) is 0 Å². The van der Waals surface area contributed by atoms with Crippen LogP contribution in [0.15, 0.2) is 87.8 Å². The van der Waals surface area contributed by atoms with E-state index < -0.39 is 6.04 Å². The Balaban J connectivity index is 1.73. The fourth-order valence-electron chi connectivity index (χ4n) is 4.76. The zero-order chi connectivity index (χ0) is 29.1. The monoisotopic (exact) mass is 571 g/mol. The number of amides is 1. The molecule has 10 heteroatoms. The Bertz CT molecular complexity index is 1820. The summed E-state index contributed by atoms with van der Waals surface area (Å²) in [5.41, 5.74) is 2.43. The second-order valence-electron chi connectivity index (χ2n) is 9.12. The van der Waals surface area contributed by atoms with E-state index in [1.807, 2.05) is 18.2 Å². The number of carbonyl (C=O) groups excluding carboxylic acids is 1. The average molecular weight is 572 g/mol. The summed E-state index contributed by atoms with van der Waals surface area (Å²) in [6, 6.07) is 19.0. The van der Waals surface area contributed by atoms with Crippen LogP contribution in [-0.4, -0.2) is 38.9 Å². The van der Waals surface area contributed by atoms with Gasteiger partial charge in [-0.25, -0.2) is 4.99 Å². The molecule has 9 nitrogen and oxygen atoms in total. The highest BCUT2D eigenvalue weighted by Crippen LogP contribution is 2.37. The van der Waals surface area contributed by atoms with Crippen LogP contribution in [0.1, 0.15) is 24.1 Å². The predicted molar refractivity (Wildman–Crippen MR) is 158 cm³/mol. The third-order valence-corrected chi connectivity index (χ3v) is 7.74. The summed E-state index contributed by atoms with van der Waals surface area (Å²) >= 11 is 1.23. The molecule has 5 rings (SSSR count). The van der Waals surface area contributed by atoms with E-state index in [1.54, 1.807) is 87.4 Å². The van der Waals surface area contributed by atoms with Gasteiger partial charge in [-0.2, -0.15) is 0 Å². The lowest BCUT2D eigenvalue weighted by molar-refractivity contribution is -0.113. The molecule has 0 aliphatic carbocycles. The Morgan fingerprint density at radius 2 is 1.59 bits per heavy atom. The molecule has 1 aromatic heterocycles. The molecule has 0 spiro atoms. The van der Waals surface area contributed by atoms with E-state index in [1.165, 1.54) is 18.4 Å². The van der Waals surface area contributed by atoms with Gasteiger partial charge in [0.15, 0.2) is 4.80 Å². The van der Waals surface area contributed by atoms with Crippen LogP contribution in [0.25, 0.3) is 6.08 Å². The van der Waals surface area contributed by atoms with E-state index in [9.17, 15) is 9.59 Å².